The number of nitrogens with one attached hydrogen (secondary N) is 3. The Labute approximate surface area is 311 Å². The summed E-state index contributed by atoms with van der Waals surface area (Å²) in [6.07, 6.45) is -0.381. The van der Waals surface area contributed by atoms with Gasteiger partial charge in [0.05, 0.1) is 16.7 Å². The predicted octanol–water partition coefficient (Wildman–Crippen LogP) is 3.14. The van der Waals surface area contributed by atoms with Crippen LogP contribution in [0.5, 0.6) is 0 Å². The zero-order chi connectivity index (χ0) is 40.8. The smallest absolute Gasteiger partial charge is 0.428 e. The number of benzene rings is 4. The van der Waals surface area contributed by atoms with Gasteiger partial charge in [0.1, 0.15) is 7.94 Å². The van der Waals surface area contributed by atoms with Crippen LogP contribution in [0.2, 0.25) is 0 Å². The Hall–Kier alpha value is -4.90. The zero-order valence-corrected chi connectivity index (χ0v) is 30.0. The standard InChI is InChI=1S/C35H33F4N3O11P2/c36-34(37,54(48,49)50)26-11-3-21(4-12-26)7-15-30(43)41-28-17-25(32(45)40-20-23-1-9-24(10-2-23)33(46)47)18-29(19-28)42-31(44)16-8-22-5-13-27(14-6-22)35(38,39)55(51,52)53/h1-6,9-14,17-19H,7-8,15-16,20H2,(H,40,45)(H,41,43)(H,42,44)(H,46,47)(H2,48,49,50)(H2,51,52,53)/p-1. The van der Waals surface area contributed by atoms with E-state index in [0.29, 0.717) is 16.7 Å². The van der Waals surface area contributed by atoms with E-state index < -0.39 is 62.0 Å². The average molecular weight is 809 g/mol. The number of hydrogen-bond donors (Lipinski definition) is 7. The maximum atomic E-state index is 14.0. The summed E-state index contributed by atoms with van der Waals surface area (Å²) in [6, 6.07) is 17.6. The molecule has 0 aromatic heterocycles. The number of rotatable bonds is 16. The third-order valence-electron chi connectivity index (χ3n) is 8.02. The number of anilines is 2. The van der Waals surface area contributed by atoms with E-state index in [1.165, 1.54) is 54.6 Å². The topological polar surface area (TPSA) is 254 Å². The van der Waals surface area contributed by atoms with Crippen LogP contribution in [-0.4, -0.2) is 43.5 Å². The lowest BCUT2D eigenvalue weighted by molar-refractivity contribution is -0.353. The summed E-state index contributed by atoms with van der Waals surface area (Å²) in [5.41, 5.74) is -9.34. The number of carbonyl (C=O) groups is 4. The van der Waals surface area contributed by atoms with Crippen molar-refractivity contribution >= 4 is 51.0 Å². The van der Waals surface area contributed by atoms with Gasteiger partial charge in [-0.1, -0.05) is 36.4 Å². The van der Waals surface area contributed by atoms with Crippen molar-refractivity contribution in [3.8, 4) is 0 Å². The fourth-order valence-corrected chi connectivity index (χ4v) is 5.95. The predicted molar refractivity (Wildman–Crippen MR) is 186 cm³/mol. The Bertz CT molecular complexity index is 1920. The molecule has 0 fully saturated rings. The van der Waals surface area contributed by atoms with E-state index in [4.69, 9.17) is 19.8 Å². The van der Waals surface area contributed by atoms with Crippen LogP contribution in [0, 0.1) is 0 Å². The lowest BCUT2D eigenvalue weighted by Gasteiger charge is -2.34. The number of carboxylic acid groups (broad SMARTS) is 1. The Morgan fingerprint density at radius 1 is 0.600 bits per heavy atom. The number of amides is 3. The Morgan fingerprint density at radius 2 is 1.02 bits per heavy atom. The van der Waals surface area contributed by atoms with Gasteiger partial charge < -0.3 is 35.7 Å². The van der Waals surface area contributed by atoms with Crippen LogP contribution in [0.4, 0.5) is 28.9 Å². The number of aryl methyl sites for hydroxylation is 2. The largest absolute Gasteiger partial charge is 0.655 e. The van der Waals surface area contributed by atoms with Crippen molar-refractivity contribution in [2.24, 2.45) is 0 Å². The quantitative estimate of drug-likeness (QED) is 0.0640. The minimum atomic E-state index is -6.02. The number of aromatic carboxylic acids is 1. The van der Waals surface area contributed by atoms with E-state index >= 15 is 0 Å². The third kappa shape index (κ3) is 11.3. The van der Waals surface area contributed by atoms with Gasteiger partial charge in [-0.25, -0.2) is 14.6 Å². The fraction of sp³-hybridized carbons (Fsp3) is 0.200. The van der Waals surface area contributed by atoms with Gasteiger partial charge in [-0.15, -0.1) is 0 Å². The maximum absolute atomic E-state index is 14.0. The first-order chi connectivity index (χ1) is 25.6. The number of halogens is 4. The summed E-state index contributed by atoms with van der Waals surface area (Å²) in [7, 11) is -11.8. The molecular weight excluding hydrogens is 776 g/mol. The summed E-state index contributed by atoms with van der Waals surface area (Å²) < 4.78 is 55.8. The van der Waals surface area contributed by atoms with Crippen LogP contribution in [-0.2, 0) is 40.3 Å². The highest BCUT2D eigenvalue weighted by molar-refractivity contribution is 7.58. The highest BCUT2D eigenvalue weighted by Crippen LogP contribution is 2.62. The van der Waals surface area contributed by atoms with Crippen molar-refractivity contribution in [3.05, 3.63) is 130 Å². The first kappa shape index (κ1) is 42.8. The molecule has 3 amide bonds. The van der Waals surface area contributed by atoms with Crippen molar-refractivity contribution in [2.75, 3.05) is 10.6 Å². The molecule has 0 spiro atoms. The number of alkyl halides is 4. The molecule has 7 N–H and O–H groups in total. The van der Waals surface area contributed by atoms with Gasteiger partial charge in [0.2, 0.25) is 11.8 Å². The molecule has 0 heterocycles. The molecule has 14 nitrogen and oxygen atoms in total. The number of hydrogen-bond acceptors (Lipinski definition) is 10. The van der Waals surface area contributed by atoms with E-state index in [9.17, 15) is 51.4 Å². The first-order valence-corrected chi connectivity index (χ1v) is 19.1. The van der Waals surface area contributed by atoms with E-state index in [0.717, 1.165) is 36.4 Å². The fourth-order valence-electron chi connectivity index (χ4n) is 4.99. The highest BCUT2D eigenvalue weighted by Gasteiger charge is 2.55. The van der Waals surface area contributed by atoms with Crippen LogP contribution in [0.3, 0.4) is 0 Å². The van der Waals surface area contributed by atoms with Crippen molar-refractivity contribution < 1.29 is 71.2 Å². The number of carbonyl (C=O) groups excluding carboxylic acids is 3. The van der Waals surface area contributed by atoms with E-state index in [-0.39, 0.29) is 54.7 Å². The molecule has 0 atom stereocenters. The second kappa shape index (κ2) is 17.3. The van der Waals surface area contributed by atoms with Gasteiger partial charge in [0.25, 0.3) is 5.91 Å². The van der Waals surface area contributed by atoms with E-state index in [2.05, 4.69) is 16.0 Å². The van der Waals surface area contributed by atoms with Gasteiger partial charge in [0.15, 0.2) is 0 Å². The average Bonchev–Trinajstić information content (AvgIpc) is 3.11. The molecule has 0 unspecified atom stereocenters. The molecule has 0 saturated heterocycles. The Morgan fingerprint density at radius 3 is 1.42 bits per heavy atom. The molecular formula is C35H32F4N3O11P2-. The van der Waals surface area contributed by atoms with Crippen molar-refractivity contribution in [3.63, 3.8) is 0 Å². The molecule has 4 rings (SSSR count). The van der Waals surface area contributed by atoms with E-state index in [1.54, 1.807) is 0 Å². The lowest BCUT2D eigenvalue weighted by atomic mass is 10.1. The van der Waals surface area contributed by atoms with Crippen LogP contribution < -0.4 is 30.6 Å². The molecule has 0 bridgehead atoms. The molecule has 20 heteroatoms. The van der Waals surface area contributed by atoms with Crippen LogP contribution in [0.15, 0.2) is 91.0 Å². The summed E-state index contributed by atoms with van der Waals surface area (Å²) in [5.74, 6) is -2.98. The summed E-state index contributed by atoms with van der Waals surface area (Å²) in [4.78, 5) is 110. The second-order valence-electron chi connectivity index (χ2n) is 12.1. The normalized spacial score (nSPS) is 12.2. The summed E-state index contributed by atoms with van der Waals surface area (Å²) in [5, 5.41) is 16.9. The van der Waals surface area contributed by atoms with E-state index in [1.807, 2.05) is 0 Å². The lowest BCUT2D eigenvalue weighted by Crippen LogP contribution is -2.35. The monoisotopic (exact) mass is 808 g/mol. The van der Waals surface area contributed by atoms with Gasteiger partial charge in [0, 0.05) is 36.3 Å². The van der Waals surface area contributed by atoms with Gasteiger partial charge >= 0.3 is 25.2 Å². The van der Waals surface area contributed by atoms with Crippen LogP contribution in [0.1, 0.15) is 61.4 Å². The summed E-state index contributed by atoms with van der Waals surface area (Å²) in [6.45, 7) is -0.0225. The summed E-state index contributed by atoms with van der Waals surface area (Å²) >= 11 is 0. The van der Waals surface area contributed by atoms with Crippen molar-refractivity contribution in [1.29, 1.82) is 0 Å². The molecule has 0 saturated carbocycles. The molecule has 0 aliphatic heterocycles. The van der Waals surface area contributed by atoms with Crippen LogP contribution in [0.25, 0.3) is 0 Å². The van der Waals surface area contributed by atoms with Gasteiger partial charge in [-0.2, -0.15) is 17.6 Å². The minimum Gasteiger partial charge on any atom is -0.655 e. The molecule has 4 aromatic carbocycles. The second-order valence-corrected chi connectivity index (χ2v) is 15.4. The van der Waals surface area contributed by atoms with Gasteiger partial charge in [-0.3, -0.25) is 19.3 Å². The molecule has 0 radical (unpaired) electrons. The van der Waals surface area contributed by atoms with Crippen molar-refractivity contribution in [1.82, 2.24) is 5.32 Å². The molecule has 4 aromatic rings. The highest BCUT2D eigenvalue weighted by atomic mass is 31.2. The Balaban J connectivity index is 1.45. The SMILES string of the molecule is O=C(CCc1ccc(C(F)(F)[P+]([O-])([O-])O)cc1)Nc1cc(NC(=O)CCc2ccc(C(F)(F)[P+]([O-])(O)O)cc2)cc(C(=O)NCc2ccc(C(=O)O)cc2)c1. The molecule has 0 aliphatic carbocycles. The molecule has 292 valence electrons. The van der Waals surface area contributed by atoms with Crippen LogP contribution >= 0.6 is 15.9 Å². The van der Waals surface area contributed by atoms with Gasteiger partial charge in [-0.05, 0) is 84.1 Å². The third-order valence-corrected chi connectivity index (χ3v) is 9.98. The first-order valence-electron chi connectivity index (χ1n) is 16.0. The molecule has 0 aliphatic rings. The Kier molecular flexibility index (Phi) is 13.5. The number of carboxylic acids is 1. The minimum absolute atomic E-state index is 0.00815. The zero-order valence-electron chi connectivity index (χ0n) is 28.2. The maximum Gasteiger partial charge on any atom is 0.428 e. The van der Waals surface area contributed by atoms with Crippen molar-refractivity contribution in [2.45, 2.75) is 43.6 Å². The molecule has 55 heavy (non-hydrogen) atoms.